The van der Waals surface area contributed by atoms with Gasteiger partial charge in [0.15, 0.2) is 0 Å². The largest absolute Gasteiger partial charge is 0.481 e. The van der Waals surface area contributed by atoms with Crippen molar-refractivity contribution in [2.45, 2.75) is 38.2 Å². The van der Waals surface area contributed by atoms with Crippen molar-refractivity contribution in [2.24, 2.45) is 0 Å². The average molecular weight is 215 g/mol. The van der Waals surface area contributed by atoms with Gasteiger partial charge in [-0.25, -0.2) is 0 Å². The Kier molecular flexibility index (Phi) is 5.10. The molecule has 1 aliphatic heterocycles. The second-order valence-corrected chi connectivity index (χ2v) is 3.64. The molecule has 0 aromatic rings. The van der Waals surface area contributed by atoms with Gasteiger partial charge in [0.25, 0.3) is 0 Å². The number of carboxylic acids is 1. The van der Waals surface area contributed by atoms with E-state index in [0.29, 0.717) is 26.0 Å². The van der Waals surface area contributed by atoms with Crippen LogP contribution in [0.5, 0.6) is 0 Å². The van der Waals surface area contributed by atoms with E-state index in [2.05, 4.69) is 5.32 Å². The summed E-state index contributed by atoms with van der Waals surface area (Å²) in [6.45, 7) is 1.20. The van der Waals surface area contributed by atoms with Gasteiger partial charge in [-0.15, -0.1) is 0 Å². The Morgan fingerprint density at radius 2 is 2.20 bits per heavy atom. The lowest BCUT2D eigenvalue weighted by molar-refractivity contribution is -0.137. The van der Waals surface area contributed by atoms with Crippen LogP contribution < -0.4 is 5.32 Å². The molecule has 0 aromatic heterocycles. The van der Waals surface area contributed by atoms with E-state index in [9.17, 15) is 9.59 Å². The second-order valence-electron chi connectivity index (χ2n) is 3.64. The van der Waals surface area contributed by atoms with Gasteiger partial charge in [-0.3, -0.25) is 9.59 Å². The summed E-state index contributed by atoms with van der Waals surface area (Å²) in [5.74, 6) is -0.858. The first kappa shape index (κ1) is 12.0. The maximum atomic E-state index is 11.4. The molecule has 1 unspecified atom stereocenters. The number of nitrogens with one attached hydrogen (secondary N) is 1. The molecular weight excluding hydrogens is 198 g/mol. The van der Waals surface area contributed by atoms with E-state index in [1.807, 2.05) is 0 Å². The molecule has 1 heterocycles. The van der Waals surface area contributed by atoms with Crippen LogP contribution in [0.15, 0.2) is 0 Å². The Morgan fingerprint density at radius 3 is 2.80 bits per heavy atom. The third kappa shape index (κ3) is 4.78. The third-order valence-electron chi connectivity index (χ3n) is 2.34. The number of hydrogen-bond donors (Lipinski definition) is 2. The van der Waals surface area contributed by atoms with Crippen molar-refractivity contribution in [1.82, 2.24) is 5.32 Å². The fraction of sp³-hybridized carbons (Fsp3) is 0.800. The molecule has 0 aromatic carbocycles. The van der Waals surface area contributed by atoms with Crippen molar-refractivity contribution < 1.29 is 19.4 Å². The van der Waals surface area contributed by atoms with Crippen LogP contribution in [0.2, 0.25) is 0 Å². The Balaban J connectivity index is 1.99. The Labute approximate surface area is 88.8 Å². The molecule has 1 atom stereocenters. The van der Waals surface area contributed by atoms with E-state index in [1.165, 1.54) is 0 Å². The molecule has 0 spiro atoms. The van der Waals surface area contributed by atoms with Crippen molar-refractivity contribution in [1.29, 1.82) is 0 Å². The van der Waals surface area contributed by atoms with E-state index in [0.717, 1.165) is 12.8 Å². The first-order chi connectivity index (χ1) is 7.20. The van der Waals surface area contributed by atoms with Crippen LogP contribution in [0, 0.1) is 0 Å². The number of amides is 1. The van der Waals surface area contributed by atoms with Gasteiger partial charge < -0.3 is 15.2 Å². The Hall–Kier alpha value is -1.10. The number of aliphatic carboxylic acids is 1. The maximum absolute atomic E-state index is 11.4. The van der Waals surface area contributed by atoms with Gasteiger partial charge in [-0.05, 0) is 25.7 Å². The molecule has 0 bridgehead atoms. The number of hydrogen-bond acceptors (Lipinski definition) is 3. The number of unbranched alkanes of at least 4 members (excludes halogenated alkanes) is 1. The monoisotopic (exact) mass is 215 g/mol. The zero-order valence-corrected chi connectivity index (χ0v) is 8.70. The van der Waals surface area contributed by atoms with Crippen LogP contribution in [0.1, 0.15) is 32.1 Å². The molecule has 1 fully saturated rings. The van der Waals surface area contributed by atoms with Crippen molar-refractivity contribution >= 4 is 11.9 Å². The fourth-order valence-corrected chi connectivity index (χ4v) is 1.51. The van der Waals surface area contributed by atoms with Crippen molar-refractivity contribution in [3.63, 3.8) is 0 Å². The first-order valence-corrected chi connectivity index (χ1v) is 5.31. The zero-order valence-electron chi connectivity index (χ0n) is 8.70. The highest BCUT2D eigenvalue weighted by Crippen LogP contribution is 2.11. The minimum atomic E-state index is -0.791. The van der Waals surface area contributed by atoms with Crippen LogP contribution in [-0.4, -0.2) is 36.2 Å². The first-order valence-electron chi connectivity index (χ1n) is 5.31. The number of ether oxygens (including phenoxy) is 1. The minimum absolute atomic E-state index is 0.0668. The highest BCUT2D eigenvalue weighted by Gasteiger charge is 2.22. The average Bonchev–Trinajstić information content (AvgIpc) is 2.69. The van der Waals surface area contributed by atoms with Crippen LogP contribution in [0.25, 0.3) is 0 Å². The van der Waals surface area contributed by atoms with Crippen molar-refractivity contribution in [2.75, 3.05) is 13.2 Å². The van der Waals surface area contributed by atoms with Gasteiger partial charge in [0, 0.05) is 19.6 Å². The summed E-state index contributed by atoms with van der Waals surface area (Å²) in [6, 6.07) is 0. The van der Waals surface area contributed by atoms with Gasteiger partial charge in [0.2, 0.25) is 5.91 Å². The number of carbonyl (C=O) groups is 2. The van der Waals surface area contributed by atoms with Crippen molar-refractivity contribution in [3.05, 3.63) is 0 Å². The van der Waals surface area contributed by atoms with Gasteiger partial charge in [-0.2, -0.15) is 0 Å². The lowest BCUT2D eigenvalue weighted by Crippen LogP contribution is -2.34. The molecule has 5 nitrogen and oxygen atoms in total. The number of rotatable bonds is 6. The highest BCUT2D eigenvalue weighted by atomic mass is 16.5. The standard InChI is InChI=1S/C10H17NO4/c12-9(13)5-1-2-6-11-10(14)8-4-3-7-15-8/h8H,1-7H2,(H,11,14)(H,12,13). The molecular formula is C10H17NO4. The van der Waals surface area contributed by atoms with Crippen molar-refractivity contribution in [3.8, 4) is 0 Å². The normalized spacial score (nSPS) is 20.1. The molecule has 86 valence electrons. The summed E-state index contributed by atoms with van der Waals surface area (Å²) in [4.78, 5) is 21.6. The van der Waals surface area contributed by atoms with E-state index in [4.69, 9.17) is 9.84 Å². The molecule has 1 amide bonds. The summed E-state index contributed by atoms with van der Waals surface area (Å²) >= 11 is 0. The SMILES string of the molecule is O=C(O)CCCCNC(=O)C1CCCO1. The number of carbonyl (C=O) groups excluding carboxylic acids is 1. The molecule has 5 heteroatoms. The van der Waals surface area contributed by atoms with E-state index in [-0.39, 0.29) is 18.4 Å². The van der Waals surface area contributed by atoms with Crippen LogP contribution in [-0.2, 0) is 14.3 Å². The van der Waals surface area contributed by atoms with Gasteiger partial charge in [-0.1, -0.05) is 0 Å². The Bertz CT molecular complexity index is 223. The van der Waals surface area contributed by atoms with Crippen LogP contribution in [0.4, 0.5) is 0 Å². The molecule has 15 heavy (non-hydrogen) atoms. The summed E-state index contributed by atoms with van der Waals surface area (Å²) < 4.78 is 5.20. The van der Waals surface area contributed by atoms with Gasteiger partial charge in [0.05, 0.1) is 0 Å². The molecule has 0 radical (unpaired) electrons. The topological polar surface area (TPSA) is 75.6 Å². The summed E-state index contributed by atoms with van der Waals surface area (Å²) in [6.07, 6.45) is 2.91. The molecule has 0 aliphatic carbocycles. The lowest BCUT2D eigenvalue weighted by atomic mass is 10.2. The third-order valence-corrected chi connectivity index (χ3v) is 2.34. The predicted octanol–water partition coefficient (Wildman–Crippen LogP) is 0.536. The summed E-state index contributed by atoms with van der Waals surface area (Å²) in [7, 11) is 0. The summed E-state index contributed by atoms with van der Waals surface area (Å²) in [5, 5.41) is 11.1. The maximum Gasteiger partial charge on any atom is 0.303 e. The molecule has 1 saturated heterocycles. The smallest absolute Gasteiger partial charge is 0.303 e. The van der Waals surface area contributed by atoms with Crippen LogP contribution in [0.3, 0.4) is 0 Å². The molecule has 1 aliphatic rings. The molecule has 2 N–H and O–H groups in total. The quantitative estimate of drug-likeness (QED) is 0.634. The van der Waals surface area contributed by atoms with E-state index < -0.39 is 5.97 Å². The van der Waals surface area contributed by atoms with Gasteiger partial charge >= 0.3 is 5.97 Å². The second kappa shape index (κ2) is 6.40. The lowest BCUT2D eigenvalue weighted by Gasteiger charge is -2.09. The molecule has 0 saturated carbocycles. The predicted molar refractivity (Wildman–Crippen MR) is 53.5 cm³/mol. The zero-order chi connectivity index (χ0) is 11.1. The minimum Gasteiger partial charge on any atom is -0.481 e. The molecule has 1 rings (SSSR count). The van der Waals surface area contributed by atoms with E-state index >= 15 is 0 Å². The Morgan fingerprint density at radius 1 is 1.40 bits per heavy atom. The highest BCUT2D eigenvalue weighted by molar-refractivity contribution is 5.80. The van der Waals surface area contributed by atoms with Crippen LogP contribution >= 0.6 is 0 Å². The fourth-order valence-electron chi connectivity index (χ4n) is 1.51. The van der Waals surface area contributed by atoms with E-state index in [1.54, 1.807) is 0 Å². The number of carboxylic acid groups (broad SMARTS) is 1. The van der Waals surface area contributed by atoms with Gasteiger partial charge in [0.1, 0.15) is 6.10 Å². The summed E-state index contributed by atoms with van der Waals surface area (Å²) in [5.41, 5.74) is 0.